The summed E-state index contributed by atoms with van der Waals surface area (Å²) in [7, 11) is -3.84. The molecule has 2 fully saturated rings. The number of amides is 1. The maximum Gasteiger partial charge on any atom is 0.245 e. The van der Waals surface area contributed by atoms with Crippen molar-refractivity contribution >= 4 is 15.9 Å². The summed E-state index contributed by atoms with van der Waals surface area (Å²) in [4.78, 5) is 11.2. The monoisotopic (exact) mass is 356 g/mol. The molecule has 8 heteroatoms. The molecule has 0 aromatic heterocycles. The molecule has 0 saturated carbocycles. The molecule has 24 heavy (non-hydrogen) atoms. The van der Waals surface area contributed by atoms with E-state index in [9.17, 15) is 17.6 Å². The van der Waals surface area contributed by atoms with Crippen LogP contribution in [0.15, 0.2) is 29.2 Å². The molecular formula is C16H21FN2O4S. The van der Waals surface area contributed by atoms with Crippen LogP contribution < -0.4 is 5.73 Å². The number of hydrogen-bond donors (Lipinski definition) is 1. The number of nitrogens with zero attached hydrogens (tertiary/aromatic N) is 1. The van der Waals surface area contributed by atoms with Crippen LogP contribution in [-0.2, 0) is 19.6 Å². The second-order valence-corrected chi connectivity index (χ2v) is 8.21. The van der Waals surface area contributed by atoms with Crippen LogP contribution in [0.3, 0.4) is 0 Å². The van der Waals surface area contributed by atoms with Crippen LogP contribution in [0.25, 0.3) is 0 Å². The van der Waals surface area contributed by atoms with Crippen molar-refractivity contribution in [2.75, 3.05) is 19.7 Å². The van der Waals surface area contributed by atoms with E-state index in [0.29, 0.717) is 25.9 Å². The number of ether oxygens (including phenoxy) is 1. The van der Waals surface area contributed by atoms with Gasteiger partial charge in [0.1, 0.15) is 10.7 Å². The first-order valence-electron chi connectivity index (χ1n) is 8.07. The minimum Gasteiger partial charge on any atom is -0.377 e. The van der Waals surface area contributed by atoms with Gasteiger partial charge in [0.2, 0.25) is 15.9 Å². The number of nitrogens with two attached hydrogens (primary N) is 1. The molecule has 2 aliphatic rings. The van der Waals surface area contributed by atoms with Gasteiger partial charge in [-0.15, -0.1) is 0 Å². The van der Waals surface area contributed by atoms with E-state index in [1.54, 1.807) is 0 Å². The van der Waals surface area contributed by atoms with E-state index in [2.05, 4.69) is 0 Å². The molecule has 0 aliphatic carbocycles. The van der Waals surface area contributed by atoms with Crippen molar-refractivity contribution in [2.45, 2.75) is 30.3 Å². The molecule has 2 heterocycles. The first-order chi connectivity index (χ1) is 11.4. The molecule has 132 valence electrons. The van der Waals surface area contributed by atoms with Gasteiger partial charge >= 0.3 is 0 Å². The summed E-state index contributed by atoms with van der Waals surface area (Å²) in [5, 5.41) is 0. The van der Waals surface area contributed by atoms with E-state index in [1.165, 1.54) is 22.5 Å². The number of halogens is 1. The molecule has 1 amide bonds. The van der Waals surface area contributed by atoms with Crippen LogP contribution >= 0.6 is 0 Å². The molecule has 3 rings (SSSR count). The summed E-state index contributed by atoms with van der Waals surface area (Å²) in [6.07, 6.45) is 1.53. The van der Waals surface area contributed by atoms with Crippen LogP contribution in [0.1, 0.15) is 19.3 Å². The lowest BCUT2D eigenvalue weighted by Crippen LogP contribution is -2.44. The number of piperidine rings is 1. The van der Waals surface area contributed by atoms with Crippen LogP contribution in [0.4, 0.5) is 4.39 Å². The van der Waals surface area contributed by atoms with Crippen LogP contribution in [-0.4, -0.2) is 44.4 Å². The maximum absolute atomic E-state index is 13.8. The summed E-state index contributed by atoms with van der Waals surface area (Å²) in [6.45, 7) is 1.07. The van der Waals surface area contributed by atoms with Gasteiger partial charge in [-0.2, -0.15) is 4.31 Å². The largest absolute Gasteiger partial charge is 0.377 e. The third-order valence-corrected chi connectivity index (χ3v) is 6.85. The zero-order valence-electron chi connectivity index (χ0n) is 13.2. The molecule has 0 spiro atoms. The van der Waals surface area contributed by atoms with Crippen molar-refractivity contribution < 1.29 is 22.3 Å². The number of carbonyl (C=O) groups is 1. The molecule has 1 aromatic carbocycles. The average molecular weight is 356 g/mol. The highest BCUT2D eigenvalue weighted by Gasteiger charge is 2.41. The fourth-order valence-electron chi connectivity index (χ4n) is 3.62. The molecule has 2 N–H and O–H groups in total. The quantitative estimate of drug-likeness (QED) is 0.875. The fourth-order valence-corrected chi connectivity index (χ4v) is 5.15. The lowest BCUT2D eigenvalue weighted by molar-refractivity contribution is -0.124. The lowest BCUT2D eigenvalue weighted by atomic mass is 9.84. The number of benzene rings is 1. The zero-order valence-corrected chi connectivity index (χ0v) is 14.0. The van der Waals surface area contributed by atoms with Crippen LogP contribution in [0.5, 0.6) is 0 Å². The van der Waals surface area contributed by atoms with Gasteiger partial charge in [-0.1, -0.05) is 12.1 Å². The SMILES string of the molecule is NC(=O)[C@H]1CCO[C@@H]1C1CCN(S(=O)(=O)c2ccccc2F)CC1. The van der Waals surface area contributed by atoms with Gasteiger partial charge < -0.3 is 10.5 Å². The Morgan fingerprint density at radius 3 is 2.50 bits per heavy atom. The molecular weight excluding hydrogens is 335 g/mol. The Bertz CT molecular complexity index is 717. The molecule has 6 nitrogen and oxygen atoms in total. The third kappa shape index (κ3) is 3.18. The molecule has 2 saturated heterocycles. The molecule has 0 bridgehead atoms. The minimum atomic E-state index is -3.84. The Kier molecular flexibility index (Phi) is 4.89. The zero-order chi connectivity index (χ0) is 17.3. The van der Waals surface area contributed by atoms with Crippen molar-refractivity contribution in [3.05, 3.63) is 30.1 Å². The van der Waals surface area contributed by atoms with E-state index >= 15 is 0 Å². The van der Waals surface area contributed by atoms with E-state index in [1.807, 2.05) is 0 Å². The summed E-state index contributed by atoms with van der Waals surface area (Å²) < 4.78 is 46.0. The molecule has 0 radical (unpaired) electrons. The van der Waals surface area contributed by atoms with Crippen LogP contribution in [0.2, 0.25) is 0 Å². The van der Waals surface area contributed by atoms with E-state index < -0.39 is 15.8 Å². The number of rotatable bonds is 4. The van der Waals surface area contributed by atoms with Crippen molar-refractivity contribution in [1.29, 1.82) is 0 Å². The highest BCUT2D eigenvalue weighted by atomic mass is 32.2. The van der Waals surface area contributed by atoms with Gasteiger partial charge in [-0.3, -0.25) is 4.79 Å². The second-order valence-electron chi connectivity index (χ2n) is 6.30. The second kappa shape index (κ2) is 6.78. The smallest absolute Gasteiger partial charge is 0.245 e. The van der Waals surface area contributed by atoms with Gasteiger partial charge in [-0.05, 0) is 37.3 Å². The molecule has 1 aromatic rings. The fraction of sp³-hybridized carbons (Fsp3) is 0.562. The summed E-state index contributed by atoms with van der Waals surface area (Å²) >= 11 is 0. The number of carbonyl (C=O) groups excluding carboxylic acids is 1. The summed E-state index contributed by atoms with van der Waals surface area (Å²) in [5.74, 6) is -1.31. The minimum absolute atomic E-state index is 0.0945. The van der Waals surface area contributed by atoms with Crippen LogP contribution in [0, 0.1) is 17.7 Å². The van der Waals surface area contributed by atoms with Gasteiger partial charge in [0.25, 0.3) is 0 Å². The predicted molar refractivity (Wildman–Crippen MR) is 84.9 cm³/mol. The number of hydrogen-bond acceptors (Lipinski definition) is 4. The molecule has 0 unspecified atom stereocenters. The Labute approximate surface area is 140 Å². The average Bonchev–Trinajstić information content (AvgIpc) is 3.05. The maximum atomic E-state index is 13.8. The highest BCUT2D eigenvalue weighted by Crippen LogP contribution is 2.34. The summed E-state index contributed by atoms with van der Waals surface area (Å²) in [6, 6.07) is 5.39. The Hall–Kier alpha value is -1.51. The van der Waals surface area contributed by atoms with Gasteiger partial charge in [-0.25, -0.2) is 12.8 Å². The van der Waals surface area contributed by atoms with Gasteiger partial charge in [0.15, 0.2) is 0 Å². The molecule has 2 atom stereocenters. The molecule has 2 aliphatic heterocycles. The van der Waals surface area contributed by atoms with Crippen molar-refractivity contribution in [1.82, 2.24) is 4.31 Å². The van der Waals surface area contributed by atoms with E-state index in [-0.39, 0.29) is 41.8 Å². The van der Waals surface area contributed by atoms with E-state index in [4.69, 9.17) is 10.5 Å². The van der Waals surface area contributed by atoms with Crippen molar-refractivity contribution in [3.63, 3.8) is 0 Å². The summed E-state index contributed by atoms with van der Waals surface area (Å²) in [5.41, 5.74) is 5.42. The lowest BCUT2D eigenvalue weighted by Gasteiger charge is -2.35. The first kappa shape index (κ1) is 17.3. The van der Waals surface area contributed by atoms with Gasteiger partial charge in [0, 0.05) is 19.7 Å². The van der Waals surface area contributed by atoms with E-state index in [0.717, 1.165) is 6.07 Å². The number of primary amides is 1. The van der Waals surface area contributed by atoms with Gasteiger partial charge in [0.05, 0.1) is 12.0 Å². The third-order valence-electron chi connectivity index (χ3n) is 4.92. The Morgan fingerprint density at radius 2 is 1.88 bits per heavy atom. The Balaban J connectivity index is 1.69. The van der Waals surface area contributed by atoms with Crippen molar-refractivity contribution in [3.8, 4) is 0 Å². The number of sulfonamides is 1. The highest BCUT2D eigenvalue weighted by molar-refractivity contribution is 7.89. The standard InChI is InChI=1S/C16H21FN2O4S/c17-13-3-1-2-4-14(13)24(21,22)19-8-5-11(6-9-19)15-12(16(18)20)7-10-23-15/h1-4,11-12,15H,5-10H2,(H2,18,20)/t12-,15+/m0/s1. The Morgan fingerprint density at radius 1 is 1.21 bits per heavy atom. The first-order valence-corrected chi connectivity index (χ1v) is 9.51. The predicted octanol–water partition coefficient (Wildman–Crippen LogP) is 1.12. The van der Waals surface area contributed by atoms with Crippen molar-refractivity contribution in [2.24, 2.45) is 17.6 Å². The topological polar surface area (TPSA) is 89.7 Å². The normalized spacial score (nSPS) is 26.5.